The van der Waals surface area contributed by atoms with Gasteiger partial charge in [0.05, 0.1) is 4.90 Å². The standard InChI is InChI=1S/C25H21N3O3S/c29-25(27-22-11-9-19(10-12-22)17-20-13-15-26-16-14-20)21-5-4-6-23(18-21)28-32(30,31)24-7-2-1-3-8-24/h1-16,18,28H,17H2,(H,27,29). The van der Waals surface area contributed by atoms with Crippen LogP contribution in [0.5, 0.6) is 0 Å². The van der Waals surface area contributed by atoms with E-state index in [9.17, 15) is 13.2 Å². The Kier molecular flexibility index (Phi) is 6.28. The van der Waals surface area contributed by atoms with E-state index < -0.39 is 10.0 Å². The number of anilines is 2. The van der Waals surface area contributed by atoms with Crippen LogP contribution in [0.4, 0.5) is 11.4 Å². The highest BCUT2D eigenvalue weighted by molar-refractivity contribution is 7.92. The van der Waals surface area contributed by atoms with Gasteiger partial charge in [0.2, 0.25) is 0 Å². The Balaban J connectivity index is 1.43. The van der Waals surface area contributed by atoms with Gasteiger partial charge in [-0.15, -0.1) is 0 Å². The first-order valence-corrected chi connectivity index (χ1v) is 11.4. The smallest absolute Gasteiger partial charge is 0.261 e. The molecule has 0 aliphatic carbocycles. The van der Waals surface area contributed by atoms with E-state index in [0.717, 1.165) is 17.5 Å². The molecule has 6 nitrogen and oxygen atoms in total. The van der Waals surface area contributed by atoms with Crippen LogP contribution in [0.1, 0.15) is 21.5 Å². The Hall–Kier alpha value is -3.97. The van der Waals surface area contributed by atoms with Crippen LogP contribution in [0.3, 0.4) is 0 Å². The van der Waals surface area contributed by atoms with E-state index in [1.807, 2.05) is 36.4 Å². The number of aromatic nitrogens is 1. The molecule has 32 heavy (non-hydrogen) atoms. The number of nitrogens with zero attached hydrogens (tertiary/aromatic N) is 1. The van der Waals surface area contributed by atoms with Gasteiger partial charge in [0.15, 0.2) is 0 Å². The second-order valence-electron chi connectivity index (χ2n) is 7.18. The molecule has 4 aromatic rings. The van der Waals surface area contributed by atoms with Gasteiger partial charge in [-0.1, -0.05) is 36.4 Å². The lowest BCUT2D eigenvalue weighted by atomic mass is 10.1. The number of carbonyl (C=O) groups is 1. The summed E-state index contributed by atoms with van der Waals surface area (Å²) in [6, 6.07) is 26.0. The van der Waals surface area contributed by atoms with Gasteiger partial charge in [0, 0.05) is 29.3 Å². The Bertz CT molecular complexity index is 1310. The molecule has 0 saturated heterocycles. The van der Waals surface area contributed by atoms with Gasteiger partial charge in [-0.3, -0.25) is 14.5 Å². The zero-order chi connectivity index (χ0) is 22.4. The highest BCUT2D eigenvalue weighted by Gasteiger charge is 2.14. The average Bonchev–Trinajstić information content (AvgIpc) is 2.81. The van der Waals surface area contributed by atoms with E-state index in [4.69, 9.17) is 0 Å². The summed E-state index contributed by atoms with van der Waals surface area (Å²) < 4.78 is 27.6. The minimum atomic E-state index is -3.73. The second-order valence-corrected chi connectivity index (χ2v) is 8.87. The second kappa shape index (κ2) is 9.45. The van der Waals surface area contributed by atoms with Gasteiger partial charge >= 0.3 is 0 Å². The first kappa shape index (κ1) is 21.3. The quantitative estimate of drug-likeness (QED) is 0.432. The fraction of sp³-hybridized carbons (Fsp3) is 0.0400. The van der Waals surface area contributed by atoms with Crippen LogP contribution in [-0.2, 0) is 16.4 Å². The molecule has 3 aromatic carbocycles. The van der Waals surface area contributed by atoms with Crippen molar-refractivity contribution < 1.29 is 13.2 Å². The number of carbonyl (C=O) groups excluding carboxylic acids is 1. The van der Waals surface area contributed by atoms with Crippen LogP contribution in [0.25, 0.3) is 0 Å². The summed E-state index contributed by atoms with van der Waals surface area (Å²) in [6.07, 6.45) is 4.30. The molecule has 0 atom stereocenters. The summed E-state index contributed by atoms with van der Waals surface area (Å²) in [7, 11) is -3.73. The molecular weight excluding hydrogens is 422 g/mol. The van der Waals surface area contributed by atoms with Gasteiger partial charge in [-0.05, 0) is 72.1 Å². The lowest BCUT2D eigenvalue weighted by molar-refractivity contribution is 0.102. The largest absolute Gasteiger partial charge is 0.322 e. The van der Waals surface area contributed by atoms with E-state index in [-0.39, 0.29) is 10.8 Å². The summed E-state index contributed by atoms with van der Waals surface area (Å²) in [6.45, 7) is 0. The molecule has 1 aromatic heterocycles. The number of nitrogens with one attached hydrogen (secondary N) is 2. The molecule has 1 amide bonds. The monoisotopic (exact) mass is 443 g/mol. The van der Waals surface area contributed by atoms with Crippen molar-refractivity contribution in [3.8, 4) is 0 Å². The molecule has 4 rings (SSSR count). The highest BCUT2D eigenvalue weighted by atomic mass is 32.2. The molecule has 1 heterocycles. The molecule has 0 bridgehead atoms. The average molecular weight is 444 g/mol. The topological polar surface area (TPSA) is 88.2 Å². The van der Waals surface area contributed by atoms with Gasteiger partial charge < -0.3 is 5.32 Å². The molecule has 0 aliphatic heterocycles. The Morgan fingerprint density at radius 1 is 0.750 bits per heavy atom. The van der Waals surface area contributed by atoms with E-state index in [0.29, 0.717) is 16.9 Å². The number of rotatable bonds is 7. The lowest BCUT2D eigenvalue weighted by Crippen LogP contribution is -2.15. The van der Waals surface area contributed by atoms with E-state index >= 15 is 0 Å². The zero-order valence-corrected chi connectivity index (χ0v) is 17.9. The van der Waals surface area contributed by atoms with Crippen molar-refractivity contribution in [2.24, 2.45) is 0 Å². The van der Waals surface area contributed by atoms with Crippen molar-refractivity contribution in [3.05, 3.63) is 120 Å². The van der Waals surface area contributed by atoms with Gasteiger partial charge in [-0.25, -0.2) is 8.42 Å². The van der Waals surface area contributed by atoms with Crippen molar-refractivity contribution in [1.82, 2.24) is 4.98 Å². The number of pyridine rings is 1. The molecular formula is C25H21N3O3S. The summed E-state index contributed by atoms with van der Waals surface area (Å²) in [5, 5.41) is 2.84. The lowest BCUT2D eigenvalue weighted by Gasteiger charge is -2.10. The molecule has 0 spiro atoms. The van der Waals surface area contributed by atoms with Crippen LogP contribution in [0, 0.1) is 0 Å². The van der Waals surface area contributed by atoms with Crippen molar-refractivity contribution in [2.75, 3.05) is 10.0 Å². The van der Waals surface area contributed by atoms with Crippen molar-refractivity contribution in [1.29, 1.82) is 0 Å². The SMILES string of the molecule is O=C(Nc1ccc(Cc2ccncc2)cc1)c1cccc(NS(=O)(=O)c2ccccc2)c1. The van der Waals surface area contributed by atoms with Gasteiger partial charge in [0.1, 0.15) is 0 Å². The van der Waals surface area contributed by atoms with Gasteiger partial charge in [-0.2, -0.15) is 0 Å². The highest BCUT2D eigenvalue weighted by Crippen LogP contribution is 2.19. The molecule has 7 heteroatoms. The number of benzene rings is 3. The third kappa shape index (κ3) is 5.39. The third-order valence-corrected chi connectivity index (χ3v) is 6.20. The molecule has 2 N–H and O–H groups in total. The number of amides is 1. The van der Waals surface area contributed by atoms with Crippen molar-refractivity contribution in [3.63, 3.8) is 0 Å². The predicted molar refractivity (Wildman–Crippen MR) is 125 cm³/mol. The Morgan fingerprint density at radius 3 is 2.16 bits per heavy atom. The van der Waals surface area contributed by atoms with E-state index in [2.05, 4.69) is 15.0 Å². The van der Waals surface area contributed by atoms with Crippen LogP contribution in [0.15, 0.2) is 108 Å². The van der Waals surface area contributed by atoms with Crippen LogP contribution >= 0.6 is 0 Å². The maximum Gasteiger partial charge on any atom is 0.261 e. The summed E-state index contributed by atoms with van der Waals surface area (Å²) in [5.41, 5.74) is 3.59. The zero-order valence-electron chi connectivity index (χ0n) is 17.1. The molecule has 0 saturated carbocycles. The van der Waals surface area contributed by atoms with Crippen molar-refractivity contribution >= 4 is 27.3 Å². The number of sulfonamides is 1. The van der Waals surface area contributed by atoms with Crippen LogP contribution in [0.2, 0.25) is 0 Å². The maximum atomic E-state index is 12.7. The van der Waals surface area contributed by atoms with Crippen LogP contribution in [-0.4, -0.2) is 19.3 Å². The van der Waals surface area contributed by atoms with Gasteiger partial charge in [0.25, 0.3) is 15.9 Å². The Morgan fingerprint density at radius 2 is 1.44 bits per heavy atom. The fourth-order valence-electron chi connectivity index (χ4n) is 3.18. The first-order valence-electron chi connectivity index (χ1n) is 9.97. The van der Waals surface area contributed by atoms with E-state index in [1.165, 1.54) is 18.2 Å². The number of hydrogen-bond donors (Lipinski definition) is 2. The molecule has 0 fully saturated rings. The minimum Gasteiger partial charge on any atom is -0.322 e. The Labute approximate surface area is 187 Å². The van der Waals surface area contributed by atoms with Crippen LogP contribution < -0.4 is 10.0 Å². The number of hydrogen-bond acceptors (Lipinski definition) is 4. The van der Waals surface area contributed by atoms with Crippen molar-refractivity contribution in [2.45, 2.75) is 11.3 Å². The predicted octanol–water partition coefficient (Wildman–Crippen LogP) is 4.73. The molecule has 160 valence electrons. The molecule has 0 unspecified atom stereocenters. The summed E-state index contributed by atoms with van der Waals surface area (Å²) >= 11 is 0. The maximum absolute atomic E-state index is 12.7. The normalized spacial score (nSPS) is 11.0. The summed E-state index contributed by atoms with van der Waals surface area (Å²) in [4.78, 5) is 16.9. The third-order valence-electron chi connectivity index (χ3n) is 4.80. The minimum absolute atomic E-state index is 0.154. The fourth-order valence-corrected chi connectivity index (χ4v) is 4.25. The molecule has 0 aliphatic rings. The summed E-state index contributed by atoms with van der Waals surface area (Å²) in [5.74, 6) is -0.326. The van der Waals surface area contributed by atoms with E-state index in [1.54, 1.807) is 48.8 Å². The first-order chi connectivity index (χ1) is 15.5. The molecule has 0 radical (unpaired) electrons.